The van der Waals surface area contributed by atoms with E-state index in [0.29, 0.717) is 12.5 Å². The molecular formula is C14H23N3O2. The molecule has 1 aromatic rings. The number of hydrogen-bond donors (Lipinski definition) is 1. The van der Waals surface area contributed by atoms with Crippen LogP contribution in [0.4, 0.5) is 5.69 Å². The van der Waals surface area contributed by atoms with Crippen molar-refractivity contribution < 1.29 is 4.92 Å². The number of benzene rings is 1. The molecule has 0 saturated heterocycles. The van der Waals surface area contributed by atoms with E-state index in [9.17, 15) is 10.1 Å². The van der Waals surface area contributed by atoms with Gasteiger partial charge in [0.05, 0.1) is 4.92 Å². The summed E-state index contributed by atoms with van der Waals surface area (Å²) in [5.74, 6) is 0. The highest BCUT2D eigenvalue weighted by Gasteiger charge is 2.11. The summed E-state index contributed by atoms with van der Waals surface area (Å²) in [5.41, 5.74) is 1.00. The van der Waals surface area contributed by atoms with Crippen LogP contribution < -0.4 is 5.32 Å². The van der Waals surface area contributed by atoms with Crippen molar-refractivity contribution in [1.82, 2.24) is 10.2 Å². The second kappa shape index (κ2) is 7.86. The highest BCUT2D eigenvalue weighted by atomic mass is 16.6. The van der Waals surface area contributed by atoms with Crippen LogP contribution in [0.1, 0.15) is 19.4 Å². The number of likely N-dealkylation sites (N-methyl/N-ethyl adjacent to an activating group) is 1. The summed E-state index contributed by atoms with van der Waals surface area (Å²) in [7, 11) is 2.09. The molecular weight excluding hydrogens is 242 g/mol. The Morgan fingerprint density at radius 3 is 2.63 bits per heavy atom. The maximum atomic E-state index is 10.9. The maximum Gasteiger partial charge on any atom is 0.272 e. The lowest BCUT2D eigenvalue weighted by Crippen LogP contribution is -2.34. The smallest absolute Gasteiger partial charge is 0.272 e. The Kier molecular flexibility index (Phi) is 6.45. The molecule has 0 aliphatic heterocycles. The van der Waals surface area contributed by atoms with Gasteiger partial charge in [0.25, 0.3) is 5.69 Å². The summed E-state index contributed by atoms with van der Waals surface area (Å²) in [6.07, 6.45) is 0.683. The molecule has 0 atom stereocenters. The van der Waals surface area contributed by atoms with Crippen LogP contribution in [0, 0.1) is 10.1 Å². The highest BCUT2D eigenvalue weighted by Crippen LogP contribution is 2.17. The summed E-state index contributed by atoms with van der Waals surface area (Å²) < 4.78 is 0. The molecule has 19 heavy (non-hydrogen) atoms. The molecule has 5 heteroatoms. The fourth-order valence-corrected chi connectivity index (χ4v) is 1.76. The molecule has 0 unspecified atom stereocenters. The van der Waals surface area contributed by atoms with E-state index in [1.165, 1.54) is 0 Å². The zero-order valence-corrected chi connectivity index (χ0v) is 11.9. The Morgan fingerprint density at radius 1 is 1.32 bits per heavy atom. The number of nitro benzene ring substituents is 1. The topological polar surface area (TPSA) is 58.4 Å². The SMILES string of the molecule is CC(C)N(C)CCNCCc1ccccc1[N+](=O)[O-]. The molecule has 0 aromatic heterocycles. The summed E-state index contributed by atoms with van der Waals surface area (Å²) in [5, 5.41) is 14.2. The van der Waals surface area contributed by atoms with Gasteiger partial charge in [-0.2, -0.15) is 0 Å². The fraction of sp³-hybridized carbons (Fsp3) is 0.571. The van der Waals surface area contributed by atoms with Crippen LogP contribution in [0.3, 0.4) is 0 Å². The van der Waals surface area contributed by atoms with E-state index in [0.717, 1.165) is 25.2 Å². The average molecular weight is 265 g/mol. The van der Waals surface area contributed by atoms with Crippen LogP contribution in [0.2, 0.25) is 0 Å². The standard InChI is InChI=1S/C14H23N3O2/c1-12(2)16(3)11-10-15-9-8-13-6-4-5-7-14(13)17(18)19/h4-7,12,15H,8-11H2,1-3H3. The van der Waals surface area contributed by atoms with Gasteiger partial charge in [0.15, 0.2) is 0 Å². The molecule has 0 radical (unpaired) electrons. The predicted molar refractivity (Wildman–Crippen MR) is 77.4 cm³/mol. The van der Waals surface area contributed by atoms with Gasteiger partial charge in [-0.25, -0.2) is 0 Å². The fourth-order valence-electron chi connectivity index (χ4n) is 1.76. The van der Waals surface area contributed by atoms with Crippen molar-refractivity contribution in [3.05, 3.63) is 39.9 Å². The normalized spacial score (nSPS) is 11.2. The monoisotopic (exact) mass is 265 g/mol. The first-order valence-corrected chi connectivity index (χ1v) is 6.65. The summed E-state index contributed by atoms with van der Waals surface area (Å²) in [4.78, 5) is 12.8. The quantitative estimate of drug-likeness (QED) is 0.444. The molecule has 5 nitrogen and oxygen atoms in total. The van der Waals surface area contributed by atoms with E-state index in [1.807, 2.05) is 12.1 Å². The van der Waals surface area contributed by atoms with Crippen LogP contribution in [0.15, 0.2) is 24.3 Å². The summed E-state index contributed by atoms with van der Waals surface area (Å²) in [6.45, 7) is 6.96. The molecule has 0 aliphatic rings. The third-order valence-corrected chi connectivity index (χ3v) is 3.28. The van der Waals surface area contributed by atoms with Gasteiger partial charge in [-0.1, -0.05) is 18.2 Å². The lowest BCUT2D eigenvalue weighted by Gasteiger charge is -2.20. The molecule has 106 valence electrons. The minimum atomic E-state index is -0.318. The first-order chi connectivity index (χ1) is 9.02. The summed E-state index contributed by atoms with van der Waals surface area (Å²) >= 11 is 0. The van der Waals surface area contributed by atoms with Gasteiger partial charge >= 0.3 is 0 Å². The first kappa shape index (κ1) is 15.6. The minimum absolute atomic E-state index is 0.212. The van der Waals surface area contributed by atoms with Crippen molar-refractivity contribution in [3.63, 3.8) is 0 Å². The van der Waals surface area contributed by atoms with Gasteiger partial charge in [0.1, 0.15) is 0 Å². The largest absolute Gasteiger partial charge is 0.315 e. The van der Waals surface area contributed by atoms with Crippen LogP contribution in [-0.2, 0) is 6.42 Å². The number of nitrogens with zero attached hydrogens (tertiary/aromatic N) is 2. The molecule has 1 N–H and O–H groups in total. The molecule has 1 aromatic carbocycles. The Balaban J connectivity index is 2.32. The van der Waals surface area contributed by atoms with E-state index >= 15 is 0 Å². The number of rotatable bonds is 8. The maximum absolute atomic E-state index is 10.9. The second-order valence-corrected chi connectivity index (χ2v) is 4.96. The van der Waals surface area contributed by atoms with E-state index in [-0.39, 0.29) is 10.6 Å². The van der Waals surface area contributed by atoms with Crippen molar-refractivity contribution in [3.8, 4) is 0 Å². The zero-order valence-electron chi connectivity index (χ0n) is 11.9. The Labute approximate surface area is 114 Å². The van der Waals surface area contributed by atoms with Crippen molar-refractivity contribution in [1.29, 1.82) is 0 Å². The molecule has 0 fully saturated rings. The van der Waals surface area contributed by atoms with Crippen LogP contribution >= 0.6 is 0 Å². The average Bonchev–Trinajstić information content (AvgIpc) is 2.38. The van der Waals surface area contributed by atoms with Crippen molar-refractivity contribution in [2.75, 3.05) is 26.7 Å². The van der Waals surface area contributed by atoms with E-state index in [2.05, 4.69) is 31.1 Å². The van der Waals surface area contributed by atoms with Gasteiger partial charge in [0, 0.05) is 30.8 Å². The van der Waals surface area contributed by atoms with Crippen LogP contribution in [-0.4, -0.2) is 42.5 Å². The highest BCUT2D eigenvalue weighted by molar-refractivity contribution is 5.39. The molecule has 0 aliphatic carbocycles. The minimum Gasteiger partial charge on any atom is -0.315 e. The zero-order chi connectivity index (χ0) is 14.3. The third-order valence-electron chi connectivity index (χ3n) is 3.28. The Bertz CT molecular complexity index is 407. The first-order valence-electron chi connectivity index (χ1n) is 6.65. The van der Waals surface area contributed by atoms with Gasteiger partial charge in [-0.15, -0.1) is 0 Å². The molecule has 0 bridgehead atoms. The van der Waals surface area contributed by atoms with Crippen molar-refractivity contribution in [2.24, 2.45) is 0 Å². The van der Waals surface area contributed by atoms with Crippen LogP contribution in [0.25, 0.3) is 0 Å². The predicted octanol–water partition coefficient (Wildman–Crippen LogP) is 2.07. The van der Waals surface area contributed by atoms with Gasteiger partial charge in [0.2, 0.25) is 0 Å². The lowest BCUT2D eigenvalue weighted by molar-refractivity contribution is -0.385. The number of nitro groups is 1. The second-order valence-electron chi connectivity index (χ2n) is 4.96. The van der Waals surface area contributed by atoms with Gasteiger partial charge in [-0.3, -0.25) is 10.1 Å². The number of nitrogens with one attached hydrogen (secondary N) is 1. The molecule has 0 spiro atoms. The Morgan fingerprint density at radius 2 is 2.00 bits per heavy atom. The van der Waals surface area contributed by atoms with E-state index in [4.69, 9.17) is 0 Å². The Hall–Kier alpha value is -1.46. The third kappa shape index (κ3) is 5.36. The van der Waals surface area contributed by atoms with E-state index < -0.39 is 0 Å². The van der Waals surface area contributed by atoms with E-state index in [1.54, 1.807) is 12.1 Å². The van der Waals surface area contributed by atoms with Crippen LogP contribution in [0.5, 0.6) is 0 Å². The lowest BCUT2D eigenvalue weighted by atomic mass is 10.1. The molecule has 0 heterocycles. The molecule has 1 rings (SSSR count). The number of hydrogen-bond acceptors (Lipinski definition) is 4. The van der Waals surface area contributed by atoms with Gasteiger partial charge in [-0.05, 0) is 33.9 Å². The molecule has 0 saturated carbocycles. The number of para-hydroxylation sites is 1. The van der Waals surface area contributed by atoms with Crippen molar-refractivity contribution in [2.45, 2.75) is 26.3 Å². The summed E-state index contributed by atoms with van der Waals surface area (Å²) in [6, 6.07) is 7.46. The van der Waals surface area contributed by atoms with Gasteiger partial charge < -0.3 is 10.2 Å². The van der Waals surface area contributed by atoms with Crippen molar-refractivity contribution >= 4 is 5.69 Å². The molecule has 0 amide bonds.